The molecule has 0 spiro atoms. The summed E-state index contributed by atoms with van der Waals surface area (Å²) in [4.78, 5) is 0. The molecule has 9 aromatic carbocycles. The minimum atomic E-state index is 1.25. The summed E-state index contributed by atoms with van der Waals surface area (Å²) in [6.45, 7) is 0. The zero-order chi connectivity index (χ0) is 26.2. The average molecular weight is 505 g/mol. The van der Waals surface area contributed by atoms with Crippen molar-refractivity contribution >= 4 is 64.6 Å². The van der Waals surface area contributed by atoms with Crippen LogP contribution in [-0.2, 0) is 0 Å². The summed E-state index contributed by atoms with van der Waals surface area (Å²) in [6.07, 6.45) is 0. The van der Waals surface area contributed by atoms with Crippen LogP contribution in [0, 0.1) is 0 Å². The second-order valence-electron chi connectivity index (χ2n) is 10.9. The van der Waals surface area contributed by atoms with Crippen molar-refractivity contribution in [2.75, 3.05) is 0 Å². The monoisotopic (exact) mass is 504 g/mol. The number of rotatable bonds is 2. The fourth-order valence-corrected chi connectivity index (χ4v) is 6.93. The van der Waals surface area contributed by atoms with Gasteiger partial charge in [-0.05, 0) is 93.0 Å². The Morgan fingerprint density at radius 1 is 0.275 bits per heavy atom. The Morgan fingerprint density at radius 3 is 1.68 bits per heavy atom. The van der Waals surface area contributed by atoms with Gasteiger partial charge in [0.05, 0.1) is 0 Å². The van der Waals surface area contributed by atoms with Crippen molar-refractivity contribution in [2.24, 2.45) is 0 Å². The van der Waals surface area contributed by atoms with E-state index < -0.39 is 0 Å². The quantitative estimate of drug-likeness (QED) is 0.162. The van der Waals surface area contributed by atoms with Gasteiger partial charge in [0.15, 0.2) is 0 Å². The lowest BCUT2D eigenvalue weighted by Crippen LogP contribution is -1.89. The highest BCUT2D eigenvalue weighted by atomic mass is 14.2. The molecule has 0 heteroatoms. The topological polar surface area (TPSA) is 0 Å². The molecule has 0 atom stereocenters. The SMILES string of the molecule is c1ccc2c(-c3ccc(-c4ccc5ccc6cccc7ccc4c5c67)cc3)c3ccc4ccccc4c3cc2c1. The fourth-order valence-electron chi connectivity index (χ4n) is 6.93. The van der Waals surface area contributed by atoms with Crippen molar-refractivity contribution in [1.82, 2.24) is 0 Å². The molecule has 0 unspecified atom stereocenters. The maximum Gasteiger partial charge on any atom is -0.00206 e. The van der Waals surface area contributed by atoms with Gasteiger partial charge in [-0.3, -0.25) is 0 Å². The van der Waals surface area contributed by atoms with Crippen LogP contribution >= 0.6 is 0 Å². The zero-order valence-electron chi connectivity index (χ0n) is 21.9. The van der Waals surface area contributed by atoms with Crippen molar-refractivity contribution in [3.05, 3.63) is 146 Å². The van der Waals surface area contributed by atoms with Gasteiger partial charge < -0.3 is 0 Å². The molecule has 0 aliphatic rings. The van der Waals surface area contributed by atoms with E-state index in [9.17, 15) is 0 Å². The van der Waals surface area contributed by atoms with E-state index in [0.29, 0.717) is 0 Å². The first-order valence-corrected chi connectivity index (χ1v) is 13.9. The third kappa shape index (κ3) is 3.02. The largest absolute Gasteiger partial charge is 0.0616 e. The third-order valence-corrected chi connectivity index (χ3v) is 8.78. The molecule has 40 heavy (non-hydrogen) atoms. The highest BCUT2D eigenvalue weighted by Crippen LogP contribution is 2.42. The van der Waals surface area contributed by atoms with Crippen LogP contribution in [0.15, 0.2) is 146 Å². The lowest BCUT2D eigenvalue weighted by Gasteiger charge is -2.16. The summed E-state index contributed by atoms with van der Waals surface area (Å²) >= 11 is 0. The minimum absolute atomic E-state index is 1.25. The Labute approximate surface area is 232 Å². The van der Waals surface area contributed by atoms with Crippen LogP contribution in [0.3, 0.4) is 0 Å². The molecule has 9 aromatic rings. The van der Waals surface area contributed by atoms with Crippen LogP contribution in [0.25, 0.3) is 86.9 Å². The van der Waals surface area contributed by atoms with Crippen LogP contribution < -0.4 is 0 Å². The molecule has 0 heterocycles. The van der Waals surface area contributed by atoms with E-state index in [2.05, 4.69) is 146 Å². The summed E-state index contributed by atoms with van der Waals surface area (Å²) in [5, 5.41) is 15.7. The highest BCUT2D eigenvalue weighted by Gasteiger charge is 2.14. The van der Waals surface area contributed by atoms with E-state index >= 15 is 0 Å². The molecule has 0 N–H and O–H groups in total. The number of fused-ring (bicyclic) bond motifs is 4. The van der Waals surface area contributed by atoms with Gasteiger partial charge in [-0.25, -0.2) is 0 Å². The normalized spacial score (nSPS) is 12.0. The van der Waals surface area contributed by atoms with Gasteiger partial charge in [-0.15, -0.1) is 0 Å². The molecular weight excluding hydrogens is 480 g/mol. The van der Waals surface area contributed by atoms with Crippen molar-refractivity contribution in [3.8, 4) is 22.3 Å². The number of hydrogen-bond acceptors (Lipinski definition) is 0. The van der Waals surface area contributed by atoms with Crippen molar-refractivity contribution in [2.45, 2.75) is 0 Å². The lowest BCUT2D eigenvalue weighted by molar-refractivity contribution is 1.65. The van der Waals surface area contributed by atoms with Gasteiger partial charge in [0.1, 0.15) is 0 Å². The van der Waals surface area contributed by atoms with Crippen LogP contribution in [0.4, 0.5) is 0 Å². The number of benzene rings is 9. The van der Waals surface area contributed by atoms with Crippen LogP contribution in [0.2, 0.25) is 0 Å². The maximum absolute atomic E-state index is 2.36. The standard InChI is InChI=1S/C40H24/c1-3-10-32-25(6-1)18-22-36-37(32)24-31-7-2-4-11-34(31)39(36)29-14-12-26(13-15-29)33-21-19-30-17-16-27-8-5-9-28-20-23-35(33)40(30)38(27)28/h1-24H. The lowest BCUT2D eigenvalue weighted by atomic mass is 9.88. The summed E-state index contributed by atoms with van der Waals surface area (Å²) < 4.78 is 0. The van der Waals surface area contributed by atoms with E-state index in [1.54, 1.807) is 0 Å². The molecule has 9 rings (SSSR count). The first-order valence-electron chi connectivity index (χ1n) is 13.9. The van der Waals surface area contributed by atoms with Gasteiger partial charge in [0.2, 0.25) is 0 Å². The van der Waals surface area contributed by atoms with Crippen LogP contribution in [0.5, 0.6) is 0 Å². The van der Waals surface area contributed by atoms with Crippen LogP contribution in [-0.4, -0.2) is 0 Å². The Kier molecular flexibility index (Phi) is 4.42. The van der Waals surface area contributed by atoms with Gasteiger partial charge >= 0.3 is 0 Å². The maximum atomic E-state index is 2.36. The van der Waals surface area contributed by atoms with Gasteiger partial charge in [0.25, 0.3) is 0 Å². The Morgan fingerprint density at radius 2 is 0.850 bits per heavy atom. The van der Waals surface area contributed by atoms with E-state index in [0.717, 1.165) is 0 Å². The van der Waals surface area contributed by atoms with E-state index in [1.807, 2.05) is 0 Å². The van der Waals surface area contributed by atoms with Crippen molar-refractivity contribution in [1.29, 1.82) is 0 Å². The molecule has 0 aromatic heterocycles. The summed E-state index contributed by atoms with van der Waals surface area (Å²) in [7, 11) is 0. The van der Waals surface area contributed by atoms with E-state index in [-0.39, 0.29) is 0 Å². The molecule has 0 aliphatic carbocycles. The Hall–Kier alpha value is -5.20. The molecule has 184 valence electrons. The molecular formula is C40H24. The summed E-state index contributed by atoms with van der Waals surface area (Å²) in [5.41, 5.74) is 5.09. The first-order chi connectivity index (χ1) is 19.8. The van der Waals surface area contributed by atoms with E-state index in [1.165, 1.54) is 86.9 Å². The summed E-state index contributed by atoms with van der Waals surface area (Å²) in [5.74, 6) is 0. The minimum Gasteiger partial charge on any atom is -0.0616 e. The highest BCUT2D eigenvalue weighted by molar-refractivity contribution is 6.25. The smallest absolute Gasteiger partial charge is 0.00206 e. The fraction of sp³-hybridized carbons (Fsp3) is 0. The van der Waals surface area contributed by atoms with E-state index in [4.69, 9.17) is 0 Å². The molecule has 0 nitrogen and oxygen atoms in total. The second kappa shape index (κ2) is 8.15. The van der Waals surface area contributed by atoms with Gasteiger partial charge in [0, 0.05) is 0 Å². The van der Waals surface area contributed by atoms with Gasteiger partial charge in [-0.2, -0.15) is 0 Å². The average Bonchev–Trinajstić information content (AvgIpc) is 3.02. The zero-order valence-corrected chi connectivity index (χ0v) is 21.9. The van der Waals surface area contributed by atoms with Gasteiger partial charge in [-0.1, -0.05) is 140 Å². The molecule has 0 bridgehead atoms. The molecule has 0 aliphatic heterocycles. The summed E-state index contributed by atoms with van der Waals surface area (Å²) in [6, 6.07) is 53.9. The molecule has 0 saturated heterocycles. The molecule has 0 fully saturated rings. The predicted molar refractivity (Wildman–Crippen MR) is 174 cm³/mol. The Balaban J connectivity index is 1.27. The molecule has 0 amide bonds. The molecule has 0 radical (unpaired) electrons. The first kappa shape index (κ1) is 21.7. The van der Waals surface area contributed by atoms with Crippen LogP contribution in [0.1, 0.15) is 0 Å². The van der Waals surface area contributed by atoms with Crippen molar-refractivity contribution < 1.29 is 0 Å². The second-order valence-corrected chi connectivity index (χ2v) is 10.9. The molecule has 0 saturated carbocycles. The Bertz CT molecular complexity index is 2390. The third-order valence-electron chi connectivity index (χ3n) is 8.78. The predicted octanol–water partition coefficient (Wildman–Crippen LogP) is 11.4. The number of hydrogen-bond donors (Lipinski definition) is 0. The van der Waals surface area contributed by atoms with Crippen molar-refractivity contribution in [3.63, 3.8) is 0 Å².